The van der Waals surface area contributed by atoms with Gasteiger partial charge >= 0.3 is 5.97 Å². The van der Waals surface area contributed by atoms with E-state index in [1.165, 1.54) is 0 Å². The highest BCUT2D eigenvalue weighted by Gasteiger charge is 2.60. The van der Waals surface area contributed by atoms with Gasteiger partial charge in [-0.15, -0.1) is 0 Å². The van der Waals surface area contributed by atoms with Crippen molar-refractivity contribution in [3.8, 4) is 0 Å². The molecule has 0 amide bonds. The minimum Gasteiger partial charge on any atom is -0.429 e. The van der Waals surface area contributed by atoms with Crippen LogP contribution in [0.25, 0.3) is 0 Å². The molecule has 3 heterocycles. The third kappa shape index (κ3) is 3.37. The molecule has 0 spiro atoms. The van der Waals surface area contributed by atoms with Gasteiger partial charge in [0.2, 0.25) is 6.29 Å². The Balaban J connectivity index is 1.51. The van der Waals surface area contributed by atoms with Crippen molar-refractivity contribution in [2.24, 2.45) is 0 Å². The van der Waals surface area contributed by atoms with E-state index in [9.17, 15) is 4.79 Å². The summed E-state index contributed by atoms with van der Waals surface area (Å²) in [6.45, 7) is 7.73. The monoisotopic (exact) mass is 364 g/mol. The van der Waals surface area contributed by atoms with E-state index in [1.54, 1.807) is 24.3 Å². The van der Waals surface area contributed by atoms with Gasteiger partial charge in [-0.25, -0.2) is 4.79 Å². The molecular formula is C19H24O7. The van der Waals surface area contributed by atoms with Gasteiger partial charge in [-0.1, -0.05) is 18.2 Å². The van der Waals surface area contributed by atoms with E-state index < -0.39 is 42.1 Å². The summed E-state index contributed by atoms with van der Waals surface area (Å²) in [5.41, 5.74) is 0.454. The number of carbonyl (C=O) groups excluding carboxylic acids is 1. The standard InChI is InChI=1S/C19H24O7/c1-18(2)21-10-12(24-18)13-14-15(26-19(3,4)25-14)17(22-13)23-16(20)11-8-6-5-7-9-11/h5-9,12-15,17H,10H2,1-4H3/t12-,13+,14-,15-,17?/m0/s1. The molecule has 0 aromatic heterocycles. The Kier molecular flexibility index (Phi) is 4.32. The first-order valence-corrected chi connectivity index (χ1v) is 8.83. The molecule has 0 aliphatic carbocycles. The Morgan fingerprint density at radius 2 is 1.65 bits per heavy atom. The summed E-state index contributed by atoms with van der Waals surface area (Å²) in [7, 11) is 0. The van der Waals surface area contributed by atoms with Crippen LogP contribution in [-0.2, 0) is 28.4 Å². The molecule has 3 saturated heterocycles. The summed E-state index contributed by atoms with van der Waals surface area (Å²) >= 11 is 0. The highest BCUT2D eigenvalue weighted by molar-refractivity contribution is 5.89. The lowest BCUT2D eigenvalue weighted by molar-refractivity contribution is -0.235. The first-order valence-electron chi connectivity index (χ1n) is 8.83. The third-order valence-corrected chi connectivity index (χ3v) is 4.68. The number of rotatable bonds is 3. The van der Waals surface area contributed by atoms with Crippen LogP contribution in [0.4, 0.5) is 0 Å². The minimum atomic E-state index is -0.869. The molecule has 3 aliphatic rings. The molecule has 7 heteroatoms. The van der Waals surface area contributed by atoms with Crippen molar-refractivity contribution in [2.45, 2.75) is 70.0 Å². The van der Waals surface area contributed by atoms with Crippen LogP contribution in [0, 0.1) is 0 Å². The lowest BCUT2D eigenvalue weighted by Gasteiger charge is -2.26. The Morgan fingerprint density at radius 3 is 2.31 bits per heavy atom. The Bertz CT molecular complexity index is 672. The third-order valence-electron chi connectivity index (χ3n) is 4.68. The molecule has 1 aromatic rings. The molecule has 0 N–H and O–H groups in total. The van der Waals surface area contributed by atoms with Gasteiger partial charge in [-0.05, 0) is 39.8 Å². The summed E-state index contributed by atoms with van der Waals surface area (Å²) in [5, 5.41) is 0. The van der Waals surface area contributed by atoms with Gasteiger partial charge in [0.1, 0.15) is 18.3 Å². The average molecular weight is 364 g/mol. The molecule has 0 saturated carbocycles. The van der Waals surface area contributed by atoms with Crippen LogP contribution in [0.15, 0.2) is 30.3 Å². The van der Waals surface area contributed by atoms with E-state index in [2.05, 4.69) is 0 Å². The van der Waals surface area contributed by atoms with Gasteiger partial charge in [-0.2, -0.15) is 0 Å². The number of carbonyl (C=O) groups is 1. The number of hydrogen-bond acceptors (Lipinski definition) is 7. The fraction of sp³-hybridized carbons (Fsp3) is 0.632. The minimum absolute atomic E-state index is 0.324. The normalized spacial score (nSPS) is 37.5. The predicted molar refractivity (Wildman–Crippen MR) is 89.2 cm³/mol. The van der Waals surface area contributed by atoms with Gasteiger partial charge in [-0.3, -0.25) is 0 Å². The van der Waals surface area contributed by atoms with Crippen LogP contribution < -0.4 is 0 Å². The highest BCUT2D eigenvalue weighted by Crippen LogP contribution is 2.42. The molecule has 3 aliphatic heterocycles. The van der Waals surface area contributed by atoms with Crippen LogP contribution in [0.1, 0.15) is 38.1 Å². The van der Waals surface area contributed by atoms with Crippen molar-refractivity contribution in [1.29, 1.82) is 0 Å². The van der Waals surface area contributed by atoms with Gasteiger partial charge in [0.15, 0.2) is 17.7 Å². The lowest BCUT2D eigenvalue weighted by atomic mass is 10.1. The van der Waals surface area contributed by atoms with Gasteiger partial charge in [0.05, 0.1) is 12.2 Å². The smallest absolute Gasteiger partial charge is 0.340 e. The summed E-state index contributed by atoms with van der Waals surface area (Å²) in [4.78, 5) is 12.4. The topological polar surface area (TPSA) is 72.5 Å². The number of esters is 1. The van der Waals surface area contributed by atoms with Gasteiger partial charge in [0, 0.05) is 0 Å². The maximum atomic E-state index is 12.4. The summed E-state index contributed by atoms with van der Waals surface area (Å²) < 4.78 is 35.1. The zero-order chi connectivity index (χ0) is 18.5. The molecule has 0 radical (unpaired) electrons. The van der Waals surface area contributed by atoms with Crippen LogP contribution in [0.5, 0.6) is 0 Å². The van der Waals surface area contributed by atoms with Crippen molar-refractivity contribution in [3.05, 3.63) is 35.9 Å². The van der Waals surface area contributed by atoms with Crippen LogP contribution >= 0.6 is 0 Å². The maximum Gasteiger partial charge on any atom is 0.340 e. The molecule has 3 fully saturated rings. The average Bonchev–Trinajstić information content (AvgIpc) is 3.19. The molecule has 0 bridgehead atoms. The van der Waals surface area contributed by atoms with Crippen molar-refractivity contribution >= 4 is 5.97 Å². The fourth-order valence-electron chi connectivity index (χ4n) is 3.61. The molecule has 5 atom stereocenters. The van der Waals surface area contributed by atoms with E-state index in [1.807, 2.05) is 33.8 Å². The Hall–Kier alpha value is -1.51. The van der Waals surface area contributed by atoms with Crippen molar-refractivity contribution in [2.75, 3.05) is 6.61 Å². The second kappa shape index (κ2) is 6.28. The van der Waals surface area contributed by atoms with Gasteiger partial charge < -0.3 is 28.4 Å². The molecule has 4 rings (SSSR count). The summed E-state index contributed by atoms with van der Waals surface area (Å²) in [5.74, 6) is -1.94. The zero-order valence-electron chi connectivity index (χ0n) is 15.3. The van der Waals surface area contributed by atoms with Crippen LogP contribution in [0.3, 0.4) is 0 Å². The Morgan fingerprint density at radius 1 is 0.962 bits per heavy atom. The SMILES string of the molecule is CC1(C)OC[C@@H]([C@H]2OC(OC(=O)c3ccccc3)[C@H]3OC(C)(C)O[C@@H]23)O1. The Labute approximate surface area is 152 Å². The van der Waals surface area contributed by atoms with E-state index in [0.29, 0.717) is 12.2 Å². The highest BCUT2D eigenvalue weighted by atomic mass is 16.8. The summed E-state index contributed by atoms with van der Waals surface area (Å²) in [6.07, 6.45) is -2.56. The van der Waals surface area contributed by atoms with Gasteiger partial charge in [0.25, 0.3) is 0 Å². The van der Waals surface area contributed by atoms with Crippen LogP contribution in [0.2, 0.25) is 0 Å². The van der Waals surface area contributed by atoms with Crippen molar-refractivity contribution < 1.29 is 33.2 Å². The largest absolute Gasteiger partial charge is 0.429 e. The lowest BCUT2D eigenvalue weighted by Crippen LogP contribution is -2.40. The quantitative estimate of drug-likeness (QED) is 0.762. The number of hydrogen-bond donors (Lipinski definition) is 0. The second-order valence-electron chi connectivity index (χ2n) is 7.67. The van der Waals surface area contributed by atoms with E-state index in [0.717, 1.165) is 0 Å². The van der Waals surface area contributed by atoms with E-state index >= 15 is 0 Å². The number of ether oxygens (including phenoxy) is 6. The predicted octanol–water partition coefficient (Wildman–Crippen LogP) is 2.24. The zero-order valence-corrected chi connectivity index (χ0v) is 15.3. The molecular weight excluding hydrogens is 340 g/mol. The molecule has 7 nitrogen and oxygen atoms in total. The van der Waals surface area contributed by atoms with E-state index in [4.69, 9.17) is 28.4 Å². The maximum absolute atomic E-state index is 12.4. The fourth-order valence-corrected chi connectivity index (χ4v) is 3.61. The van der Waals surface area contributed by atoms with Crippen molar-refractivity contribution in [1.82, 2.24) is 0 Å². The molecule has 142 valence electrons. The number of benzene rings is 1. The molecule has 26 heavy (non-hydrogen) atoms. The molecule has 1 unspecified atom stereocenters. The van der Waals surface area contributed by atoms with Crippen molar-refractivity contribution in [3.63, 3.8) is 0 Å². The first kappa shape index (κ1) is 17.9. The number of fused-ring (bicyclic) bond motifs is 1. The van der Waals surface area contributed by atoms with Crippen LogP contribution in [-0.4, -0.2) is 54.9 Å². The van der Waals surface area contributed by atoms with E-state index in [-0.39, 0.29) is 6.10 Å². The second-order valence-corrected chi connectivity index (χ2v) is 7.67. The summed E-state index contributed by atoms with van der Waals surface area (Å²) in [6, 6.07) is 8.78. The first-order chi connectivity index (χ1) is 12.2. The molecule has 1 aromatic carbocycles.